The van der Waals surface area contributed by atoms with E-state index in [0.29, 0.717) is 11.8 Å². The Bertz CT molecular complexity index is 473. The fourth-order valence-electron chi connectivity index (χ4n) is 1.95. The highest BCUT2D eigenvalue weighted by molar-refractivity contribution is 5.82. The van der Waals surface area contributed by atoms with Gasteiger partial charge in [0.05, 0.1) is 12.5 Å². The average Bonchev–Trinajstić information content (AvgIpc) is 2.44. The van der Waals surface area contributed by atoms with Crippen molar-refractivity contribution < 1.29 is 19.2 Å². The molecule has 0 amide bonds. The molecule has 1 rings (SSSR count). The number of esters is 1. The number of benzene rings is 1. The van der Waals surface area contributed by atoms with Gasteiger partial charge in [0, 0.05) is 4.92 Å². The fourth-order valence-corrected chi connectivity index (χ4v) is 1.95. The summed E-state index contributed by atoms with van der Waals surface area (Å²) in [5.41, 5.74) is -0.747. The highest BCUT2D eigenvalue weighted by atomic mass is 16.6. The molecule has 6 nitrogen and oxygen atoms in total. The number of hydrogen-bond donors (Lipinski definition) is 0. The Morgan fingerprint density at radius 3 is 2.47 bits per heavy atom. The molecule has 0 fully saturated rings. The number of hydrogen-bond acceptors (Lipinski definition) is 5. The van der Waals surface area contributed by atoms with Gasteiger partial charge < -0.3 is 9.53 Å². The maximum atomic E-state index is 11.7. The van der Waals surface area contributed by atoms with Crippen LogP contribution in [-0.4, -0.2) is 30.8 Å². The number of nitro groups is 1. The maximum Gasteiger partial charge on any atom is 0.316 e. The summed E-state index contributed by atoms with van der Waals surface area (Å²) in [5, 5.41) is 10.7. The topological polar surface area (TPSA) is 86.5 Å². The normalized spacial score (nSPS) is 15.1. The van der Waals surface area contributed by atoms with E-state index < -0.39 is 28.8 Å². The fraction of sp³-hybridized carbons (Fsp3) is 0.385. The van der Waals surface area contributed by atoms with Crippen molar-refractivity contribution >= 4 is 12.3 Å². The van der Waals surface area contributed by atoms with Gasteiger partial charge in [0.2, 0.25) is 6.54 Å². The molecule has 0 aliphatic rings. The molecule has 0 heterocycles. The smallest absolute Gasteiger partial charge is 0.316 e. The standard InChI is InChI=1S/C13H15NO5/c1-13(9-15,10-6-4-3-5-7-10)11(8-14(17)18)12(16)19-2/h3-7,9,11H,8H2,1-2H3/t11-,13-/m0/s1. The van der Waals surface area contributed by atoms with E-state index in [9.17, 15) is 19.7 Å². The molecule has 6 heteroatoms. The summed E-state index contributed by atoms with van der Waals surface area (Å²) in [6.45, 7) is 0.844. The van der Waals surface area contributed by atoms with Crippen LogP contribution in [0, 0.1) is 16.0 Å². The monoisotopic (exact) mass is 265 g/mol. The van der Waals surface area contributed by atoms with E-state index in [0.717, 1.165) is 7.11 Å². The first-order valence-corrected chi connectivity index (χ1v) is 5.67. The average molecular weight is 265 g/mol. The highest BCUT2D eigenvalue weighted by Crippen LogP contribution is 2.31. The largest absolute Gasteiger partial charge is 0.469 e. The minimum atomic E-state index is -1.29. The lowest BCUT2D eigenvalue weighted by Crippen LogP contribution is -2.43. The maximum absolute atomic E-state index is 11.7. The second-order valence-corrected chi connectivity index (χ2v) is 4.36. The van der Waals surface area contributed by atoms with Crippen molar-refractivity contribution in [1.82, 2.24) is 0 Å². The van der Waals surface area contributed by atoms with Gasteiger partial charge >= 0.3 is 5.97 Å². The third-order valence-electron chi connectivity index (χ3n) is 3.18. The molecule has 1 aromatic rings. The molecular formula is C13H15NO5. The lowest BCUT2D eigenvalue weighted by atomic mass is 9.73. The molecule has 0 unspecified atom stereocenters. The second-order valence-electron chi connectivity index (χ2n) is 4.36. The van der Waals surface area contributed by atoms with Crippen LogP contribution in [0.5, 0.6) is 0 Å². The van der Waals surface area contributed by atoms with Crippen LogP contribution in [0.2, 0.25) is 0 Å². The molecule has 102 valence electrons. The second kappa shape index (κ2) is 6.08. The van der Waals surface area contributed by atoms with Crippen LogP contribution in [0.15, 0.2) is 30.3 Å². The van der Waals surface area contributed by atoms with E-state index >= 15 is 0 Å². The van der Waals surface area contributed by atoms with Gasteiger partial charge in [-0.05, 0) is 12.5 Å². The first-order valence-electron chi connectivity index (χ1n) is 5.67. The molecule has 0 spiro atoms. The summed E-state index contributed by atoms with van der Waals surface area (Å²) in [5.74, 6) is -1.93. The van der Waals surface area contributed by atoms with Gasteiger partial charge in [0.1, 0.15) is 12.2 Å². The zero-order valence-corrected chi connectivity index (χ0v) is 10.7. The van der Waals surface area contributed by atoms with E-state index in [1.165, 1.54) is 6.92 Å². The first kappa shape index (κ1) is 14.8. The molecule has 0 aliphatic heterocycles. The van der Waals surface area contributed by atoms with Crippen LogP contribution < -0.4 is 0 Å². The summed E-state index contributed by atoms with van der Waals surface area (Å²) < 4.78 is 4.58. The Hall–Kier alpha value is -2.24. The summed E-state index contributed by atoms with van der Waals surface area (Å²) in [4.78, 5) is 33.3. The van der Waals surface area contributed by atoms with Gasteiger partial charge in [0.25, 0.3) is 0 Å². The van der Waals surface area contributed by atoms with Gasteiger partial charge in [-0.25, -0.2) is 0 Å². The van der Waals surface area contributed by atoms with Crippen molar-refractivity contribution in [3.8, 4) is 0 Å². The zero-order chi connectivity index (χ0) is 14.5. The lowest BCUT2D eigenvalue weighted by Gasteiger charge is -2.28. The van der Waals surface area contributed by atoms with Crippen LogP contribution >= 0.6 is 0 Å². The zero-order valence-electron chi connectivity index (χ0n) is 10.7. The number of carbonyl (C=O) groups is 2. The predicted molar refractivity (Wildman–Crippen MR) is 67.2 cm³/mol. The Morgan fingerprint density at radius 2 is 2.05 bits per heavy atom. The van der Waals surface area contributed by atoms with Crippen LogP contribution in [0.3, 0.4) is 0 Å². The summed E-state index contributed by atoms with van der Waals surface area (Å²) >= 11 is 0. The molecule has 0 bridgehead atoms. The van der Waals surface area contributed by atoms with Crippen molar-refractivity contribution in [2.75, 3.05) is 13.7 Å². The van der Waals surface area contributed by atoms with E-state index in [1.807, 2.05) is 0 Å². The van der Waals surface area contributed by atoms with E-state index in [1.54, 1.807) is 30.3 Å². The van der Waals surface area contributed by atoms with Crippen LogP contribution in [0.1, 0.15) is 12.5 Å². The van der Waals surface area contributed by atoms with E-state index in [4.69, 9.17) is 0 Å². The van der Waals surface area contributed by atoms with Gasteiger partial charge in [-0.3, -0.25) is 14.9 Å². The van der Waals surface area contributed by atoms with Crippen molar-refractivity contribution in [3.05, 3.63) is 46.0 Å². The first-order chi connectivity index (χ1) is 8.95. The van der Waals surface area contributed by atoms with Crippen LogP contribution in [0.25, 0.3) is 0 Å². The number of rotatable bonds is 6. The van der Waals surface area contributed by atoms with Crippen molar-refractivity contribution in [2.45, 2.75) is 12.3 Å². The number of ether oxygens (including phenoxy) is 1. The predicted octanol–water partition coefficient (Wildman–Crippen LogP) is 1.21. The van der Waals surface area contributed by atoms with Crippen molar-refractivity contribution in [2.24, 2.45) is 5.92 Å². The molecule has 0 N–H and O–H groups in total. The van der Waals surface area contributed by atoms with E-state index in [-0.39, 0.29) is 0 Å². The van der Waals surface area contributed by atoms with Crippen LogP contribution in [-0.2, 0) is 19.7 Å². The molecule has 19 heavy (non-hydrogen) atoms. The Kier molecular flexibility index (Phi) is 4.74. The van der Waals surface area contributed by atoms with Crippen molar-refractivity contribution in [3.63, 3.8) is 0 Å². The molecule has 0 saturated heterocycles. The van der Waals surface area contributed by atoms with Gasteiger partial charge in [-0.1, -0.05) is 30.3 Å². The van der Waals surface area contributed by atoms with Crippen LogP contribution in [0.4, 0.5) is 0 Å². The SMILES string of the molecule is COC(=O)[C@H](C[N+](=O)[O-])[C@@](C)(C=O)c1ccccc1. The molecule has 0 radical (unpaired) electrons. The third kappa shape index (κ3) is 3.15. The minimum Gasteiger partial charge on any atom is -0.469 e. The molecular weight excluding hydrogens is 250 g/mol. The van der Waals surface area contributed by atoms with Gasteiger partial charge in [-0.15, -0.1) is 0 Å². The number of methoxy groups -OCH3 is 1. The Labute approximate surface area is 110 Å². The summed E-state index contributed by atoms with van der Waals surface area (Å²) in [6.07, 6.45) is 0.563. The van der Waals surface area contributed by atoms with Crippen molar-refractivity contribution in [1.29, 1.82) is 0 Å². The minimum absolute atomic E-state index is 0.544. The Morgan fingerprint density at radius 1 is 1.47 bits per heavy atom. The molecule has 1 aromatic carbocycles. The van der Waals surface area contributed by atoms with Gasteiger partial charge in [-0.2, -0.15) is 0 Å². The quantitative estimate of drug-likeness (QED) is 0.334. The number of nitrogens with zero attached hydrogens (tertiary/aromatic N) is 1. The summed E-state index contributed by atoms with van der Waals surface area (Å²) in [7, 11) is 1.14. The number of carbonyl (C=O) groups excluding carboxylic acids is 2. The molecule has 2 atom stereocenters. The van der Waals surface area contributed by atoms with Gasteiger partial charge in [0.15, 0.2) is 0 Å². The third-order valence-corrected chi connectivity index (χ3v) is 3.18. The highest BCUT2D eigenvalue weighted by Gasteiger charge is 2.44. The summed E-state index contributed by atoms with van der Waals surface area (Å²) in [6, 6.07) is 8.49. The van der Waals surface area contributed by atoms with E-state index in [2.05, 4.69) is 4.74 Å². The molecule has 0 aromatic heterocycles. The Balaban J connectivity index is 3.25. The molecule has 0 aliphatic carbocycles. The molecule has 0 saturated carbocycles. The number of aldehydes is 1. The lowest BCUT2D eigenvalue weighted by molar-refractivity contribution is -0.487.